The van der Waals surface area contributed by atoms with Crippen molar-refractivity contribution in [3.63, 3.8) is 0 Å². The number of nitrogens with one attached hydrogen (secondary N) is 1. The predicted molar refractivity (Wildman–Crippen MR) is 83.0 cm³/mol. The Morgan fingerprint density at radius 1 is 1.43 bits per heavy atom. The normalized spacial score (nSPS) is 12.0. The number of aromatic nitrogens is 2. The number of fused-ring (bicyclic) bond motifs is 1. The van der Waals surface area contributed by atoms with Crippen LogP contribution >= 0.6 is 22.9 Å². The topological polar surface area (TPSA) is 89.5 Å². The van der Waals surface area contributed by atoms with Gasteiger partial charge >= 0.3 is 0 Å². The largest absolute Gasteiger partial charge is 0.381 e. The van der Waals surface area contributed by atoms with E-state index in [1.165, 1.54) is 15.7 Å². The fourth-order valence-corrected chi connectivity index (χ4v) is 4.15. The van der Waals surface area contributed by atoms with Crippen molar-refractivity contribution < 1.29 is 8.42 Å². The van der Waals surface area contributed by atoms with Gasteiger partial charge in [-0.05, 0) is 17.7 Å². The third kappa shape index (κ3) is 2.75. The molecule has 21 heavy (non-hydrogen) atoms. The molecule has 0 aliphatic rings. The molecule has 0 atom stereocenters. The molecule has 0 saturated heterocycles. The van der Waals surface area contributed by atoms with Crippen LogP contribution in [-0.2, 0) is 16.6 Å². The lowest BCUT2D eigenvalue weighted by atomic mass is 10.2. The molecular formula is C12H11ClN4O2S2. The van der Waals surface area contributed by atoms with Crippen LogP contribution in [-0.4, -0.2) is 17.8 Å². The van der Waals surface area contributed by atoms with Crippen molar-refractivity contribution in [2.45, 2.75) is 11.6 Å². The number of sulfonamides is 1. The number of halogens is 1. The molecule has 0 unspecified atom stereocenters. The lowest BCUT2D eigenvalue weighted by Crippen LogP contribution is -2.25. The third-order valence-electron chi connectivity index (χ3n) is 2.85. The van der Waals surface area contributed by atoms with Gasteiger partial charge in [0.05, 0.1) is 0 Å². The van der Waals surface area contributed by atoms with E-state index in [-0.39, 0.29) is 17.4 Å². The van der Waals surface area contributed by atoms with Crippen molar-refractivity contribution in [2.75, 3.05) is 5.73 Å². The van der Waals surface area contributed by atoms with Crippen molar-refractivity contribution in [3.8, 4) is 0 Å². The highest BCUT2D eigenvalue weighted by Crippen LogP contribution is 2.23. The lowest BCUT2D eigenvalue weighted by molar-refractivity contribution is 0.577. The molecule has 0 fully saturated rings. The molecule has 0 aliphatic carbocycles. The minimum atomic E-state index is -3.77. The van der Waals surface area contributed by atoms with Gasteiger partial charge in [0.25, 0.3) is 10.0 Å². The third-order valence-corrected chi connectivity index (χ3v) is 5.28. The van der Waals surface area contributed by atoms with Gasteiger partial charge in [0.1, 0.15) is 0 Å². The zero-order valence-corrected chi connectivity index (χ0v) is 13.0. The van der Waals surface area contributed by atoms with Gasteiger partial charge in [-0.25, -0.2) is 18.1 Å². The molecule has 1 aromatic carbocycles. The minimum absolute atomic E-state index is 0.0135. The summed E-state index contributed by atoms with van der Waals surface area (Å²) in [4.78, 5) is 4.57. The number of nitrogens with two attached hydrogens (primary N) is 1. The Labute approximate surface area is 130 Å². The van der Waals surface area contributed by atoms with Crippen molar-refractivity contribution in [1.82, 2.24) is 14.1 Å². The summed E-state index contributed by atoms with van der Waals surface area (Å²) in [5, 5.41) is 2.26. The second-order valence-electron chi connectivity index (χ2n) is 4.31. The molecule has 2 heterocycles. The van der Waals surface area contributed by atoms with Crippen LogP contribution in [0.25, 0.3) is 4.96 Å². The lowest BCUT2D eigenvalue weighted by Gasteiger charge is -2.07. The molecule has 3 N–H and O–H groups in total. The molecule has 3 aromatic rings. The van der Waals surface area contributed by atoms with Crippen LogP contribution in [0.1, 0.15) is 5.56 Å². The van der Waals surface area contributed by atoms with Gasteiger partial charge in [0.2, 0.25) is 0 Å². The van der Waals surface area contributed by atoms with Gasteiger partial charge in [0.15, 0.2) is 15.8 Å². The molecule has 0 amide bonds. The first kappa shape index (κ1) is 14.3. The van der Waals surface area contributed by atoms with E-state index in [1.54, 1.807) is 35.8 Å². The Bertz CT molecular complexity index is 901. The average Bonchev–Trinajstić information content (AvgIpc) is 2.96. The van der Waals surface area contributed by atoms with Crippen LogP contribution < -0.4 is 10.5 Å². The van der Waals surface area contributed by atoms with E-state index in [4.69, 9.17) is 17.3 Å². The summed E-state index contributed by atoms with van der Waals surface area (Å²) in [7, 11) is -3.77. The fourth-order valence-electron chi connectivity index (χ4n) is 1.94. The Kier molecular flexibility index (Phi) is 3.62. The van der Waals surface area contributed by atoms with Gasteiger partial charge in [-0.3, -0.25) is 4.40 Å². The molecule has 3 rings (SSSR count). The first-order valence-electron chi connectivity index (χ1n) is 5.92. The number of thiazole rings is 1. The van der Waals surface area contributed by atoms with E-state index >= 15 is 0 Å². The van der Waals surface area contributed by atoms with E-state index in [1.807, 2.05) is 0 Å². The van der Waals surface area contributed by atoms with E-state index in [0.717, 1.165) is 5.56 Å². The van der Waals surface area contributed by atoms with Crippen molar-refractivity contribution in [3.05, 3.63) is 46.4 Å². The number of hydrogen-bond donors (Lipinski definition) is 2. The number of nitrogen functional groups attached to an aromatic ring is 1. The summed E-state index contributed by atoms with van der Waals surface area (Å²) in [6.07, 6.45) is 1.62. The highest BCUT2D eigenvalue weighted by atomic mass is 35.5. The van der Waals surface area contributed by atoms with Crippen LogP contribution in [0.3, 0.4) is 0 Å². The fraction of sp³-hybridized carbons (Fsp3) is 0.0833. The Hall–Kier alpha value is -1.61. The number of benzene rings is 1. The molecule has 0 bridgehead atoms. The molecule has 110 valence electrons. The van der Waals surface area contributed by atoms with Crippen LogP contribution in [0.4, 0.5) is 5.82 Å². The van der Waals surface area contributed by atoms with Gasteiger partial charge in [0, 0.05) is 23.1 Å². The van der Waals surface area contributed by atoms with Crippen LogP contribution in [0, 0.1) is 0 Å². The second kappa shape index (κ2) is 5.30. The second-order valence-corrected chi connectivity index (χ2v) is 7.30. The Balaban J connectivity index is 1.90. The van der Waals surface area contributed by atoms with E-state index in [9.17, 15) is 8.42 Å². The maximum atomic E-state index is 12.4. The minimum Gasteiger partial charge on any atom is -0.381 e. The van der Waals surface area contributed by atoms with Gasteiger partial charge in [-0.15, -0.1) is 11.3 Å². The highest BCUT2D eigenvalue weighted by Gasteiger charge is 2.24. The zero-order valence-electron chi connectivity index (χ0n) is 10.7. The quantitative estimate of drug-likeness (QED) is 0.760. The van der Waals surface area contributed by atoms with Gasteiger partial charge in [-0.2, -0.15) is 0 Å². The van der Waals surface area contributed by atoms with Crippen LogP contribution in [0.15, 0.2) is 40.9 Å². The summed E-state index contributed by atoms with van der Waals surface area (Å²) in [5.74, 6) is -0.0135. The summed E-state index contributed by atoms with van der Waals surface area (Å²) >= 11 is 7.19. The summed E-state index contributed by atoms with van der Waals surface area (Å²) in [6.45, 7) is 0.125. The maximum absolute atomic E-state index is 12.4. The monoisotopic (exact) mass is 342 g/mol. The predicted octanol–water partition coefficient (Wildman–Crippen LogP) is 2.11. The number of rotatable bonds is 4. The van der Waals surface area contributed by atoms with Crippen LogP contribution in [0.2, 0.25) is 5.02 Å². The van der Waals surface area contributed by atoms with Crippen molar-refractivity contribution in [1.29, 1.82) is 0 Å². The molecule has 0 saturated carbocycles. The summed E-state index contributed by atoms with van der Waals surface area (Å²) in [5.41, 5.74) is 6.47. The summed E-state index contributed by atoms with van der Waals surface area (Å²) in [6, 6.07) is 6.97. The van der Waals surface area contributed by atoms with E-state index in [2.05, 4.69) is 9.71 Å². The first-order chi connectivity index (χ1) is 9.97. The smallest absolute Gasteiger partial charge is 0.260 e. The van der Waals surface area contributed by atoms with E-state index < -0.39 is 10.0 Å². The highest BCUT2D eigenvalue weighted by molar-refractivity contribution is 7.89. The van der Waals surface area contributed by atoms with Crippen molar-refractivity contribution in [2.24, 2.45) is 0 Å². The summed E-state index contributed by atoms with van der Waals surface area (Å²) < 4.78 is 28.8. The van der Waals surface area contributed by atoms with Gasteiger partial charge in [-0.1, -0.05) is 23.7 Å². The van der Waals surface area contributed by atoms with Crippen LogP contribution in [0.5, 0.6) is 0 Å². The van der Waals surface area contributed by atoms with E-state index in [0.29, 0.717) is 9.98 Å². The maximum Gasteiger partial charge on any atom is 0.260 e. The molecule has 0 spiro atoms. The molecule has 6 nitrogen and oxygen atoms in total. The SMILES string of the molecule is Nc1nc2sccn2c1S(=O)(=O)NCc1cccc(Cl)c1. The van der Waals surface area contributed by atoms with Gasteiger partial charge < -0.3 is 5.73 Å². The van der Waals surface area contributed by atoms with Crippen molar-refractivity contribution >= 4 is 43.7 Å². The number of hydrogen-bond acceptors (Lipinski definition) is 5. The molecular weight excluding hydrogens is 332 g/mol. The molecule has 0 aliphatic heterocycles. The zero-order chi connectivity index (χ0) is 15.0. The number of anilines is 1. The average molecular weight is 343 g/mol. The Morgan fingerprint density at radius 2 is 2.24 bits per heavy atom. The Morgan fingerprint density at radius 3 is 3.00 bits per heavy atom. The standard InChI is InChI=1S/C12H11ClN4O2S2/c13-9-3-1-2-8(6-9)7-15-21(18,19)11-10(14)16-12-17(11)4-5-20-12/h1-6,15H,7,14H2. The first-order valence-corrected chi connectivity index (χ1v) is 8.66. The molecule has 2 aromatic heterocycles. The number of nitrogens with zero attached hydrogens (tertiary/aromatic N) is 2. The molecule has 9 heteroatoms. The number of imidazole rings is 1. The molecule has 0 radical (unpaired) electrons.